The van der Waals surface area contributed by atoms with Gasteiger partial charge in [-0.25, -0.2) is 0 Å². The van der Waals surface area contributed by atoms with E-state index >= 15 is 0 Å². The molecule has 0 saturated heterocycles. The fourth-order valence-corrected chi connectivity index (χ4v) is 4.44. The second kappa shape index (κ2) is 11.5. The van der Waals surface area contributed by atoms with Gasteiger partial charge in [0.15, 0.2) is 5.82 Å². The van der Waals surface area contributed by atoms with E-state index in [1.807, 2.05) is 38.4 Å². The SMILES string of the molecule is CCn1nccc1NCc1noc([C@H](CCCC2CCCCC2)CC(=O)OC(C)(C)C)n1. The van der Waals surface area contributed by atoms with Crippen LogP contribution in [-0.4, -0.2) is 31.5 Å². The van der Waals surface area contributed by atoms with Gasteiger partial charge in [0.05, 0.1) is 19.2 Å². The molecular formula is C24H39N5O3. The molecule has 8 heteroatoms. The molecule has 0 bridgehead atoms. The van der Waals surface area contributed by atoms with Crippen molar-refractivity contribution in [2.75, 3.05) is 5.32 Å². The Balaban J connectivity index is 1.60. The fraction of sp³-hybridized carbons (Fsp3) is 0.750. The van der Waals surface area contributed by atoms with Gasteiger partial charge in [-0.1, -0.05) is 50.1 Å². The lowest BCUT2D eigenvalue weighted by molar-refractivity contribution is -0.155. The molecular weight excluding hydrogens is 406 g/mol. The van der Waals surface area contributed by atoms with Crippen molar-refractivity contribution in [1.82, 2.24) is 19.9 Å². The zero-order valence-electron chi connectivity index (χ0n) is 20.1. The summed E-state index contributed by atoms with van der Waals surface area (Å²) in [5, 5.41) is 11.7. The number of aryl methyl sites for hydroxylation is 1. The van der Waals surface area contributed by atoms with Crippen LogP contribution in [-0.2, 0) is 22.6 Å². The summed E-state index contributed by atoms with van der Waals surface area (Å²) in [5.41, 5.74) is -0.504. The molecule has 0 radical (unpaired) electrons. The average Bonchev–Trinajstić information content (AvgIpc) is 3.40. The smallest absolute Gasteiger partial charge is 0.307 e. The monoisotopic (exact) mass is 445 g/mol. The van der Waals surface area contributed by atoms with Gasteiger partial charge in [0, 0.05) is 18.5 Å². The third-order valence-corrected chi connectivity index (χ3v) is 6.00. The second-order valence-electron chi connectivity index (χ2n) is 9.86. The number of carbonyl (C=O) groups excluding carboxylic acids is 1. The summed E-state index contributed by atoms with van der Waals surface area (Å²) in [5.74, 6) is 2.50. The predicted octanol–water partition coefficient (Wildman–Crippen LogP) is 5.46. The molecule has 1 atom stereocenters. The van der Waals surface area contributed by atoms with Crippen molar-refractivity contribution in [1.29, 1.82) is 0 Å². The molecule has 8 nitrogen and oxygen atoms in total. The van der Waals surface area contributed by atoms with Crippen LogP contribution >= 0.6 is 0 Å². The maximum absolute atomic E-state index is 12.5. The van der Waals surface area contributed by atoms with E-state index in [9.17, 15) is 4.79 Å². The lowest BCUT2D eigenvalue weighted by Gasteiger charge is -2.23. The Morgan fingerprint density at radius 3 is 2.81 bits per heavy atom. The van der Waals surface area contributed by atoms with Gasteiger partial charge in [-0.3, -0.25) is 9.48 Å². The Morgan fingerprint density at radius 1 is 1.31 bits per heavy atom. The van der Waals surface area contributed by atoms with Gasteiger partial charge in [0.1, 0.15) is 11.4 Å². The highest BCUT2D eigenvalue weighted by atomic mass is 16.6. The standard InChI is InChI=1S/C24H39N5O3/c1-5-29-21(14-15-26-29)25-17-20-27-23(32-28-20)19(16-22(30)31-24(2,3)4)13-9-12-18-10-7-6-8-11-18/h14-15,18-19,25H,5-13,16-17H2,1-4H3/t19-/m1/s1. The van der Waals surface area contributed by atoms with Crippen molar-refractivity contribution in [3.8, 4) is 0 Å². The Labute approximate surface area is 191 Å². The summed E-state index contributed by atoms with van der Waals surface area (Å²) < 4.78 is 13.0. The molecule has 0 amide bonds. The minimum Gasteiger partial charge on any atom is -0.460 e. The highest BCUT2D eigenvalue weighted by Gasteiger charge is 2.26. The van der Waals surface area contributed by atoms with E-state index in [0.717, 1.165) is 31.1 Å². The molecule has 1 N–H and O–H groups in total. The summed E-state index contributed by atoms with van der Waals surface area (Å²) in [4.78, 5) is 17.1. The van der Waals surface area contributed by atoms with Gasteiger partial charge in [-0.05, 0) is 40.0 Å². The molecule has 1 aliphatic carbocycles. The molecule has 2 heterocycles. The van der Waals surface area contributed by atoms with E-state index in [1.165, 1.54) is 38.5 Å². The fourth-order valence-electron chi connectivity index (χ4n) is 4.44. The minimum atomic E-state index is -0.504. The third-order valence-electron chi connectivity index (χ3n) is 6.00. The summed E-state index contributed by atoms with van der Waals surface area (Å²) in [6.07, 6.45) is 11.9. The molecule has 2 aromatic heterocycles. The first-order valence-corrected chi connectivity index (χ1v) is 12.1. The van der Waals surface area contributed by atoms with Crippen molar-refractivity contribution < 1.29 is 14.1 Å². The lowest BCUT2D eigenvalue weighted by Crippen LogP contribution is -2.25. The number of anilines is 1. The summed E-state index contributed by atoms with van der Waals surface area (Å²) in [6.45, 7) is 8.93. The van der Waals surface area contributed by atoms with Gasteiger partial charge in [0.25, 0.3) is 0 Å². The van der Waals surface area contributed by atoms with Crippen molar-refractivity contribution in [2.45, 2.75) is 110 Å². The first-order valence-electron chi connectivity index (χ1n) is 12.1. The zero-order valence-corrected chi connectivity index (χ0v) is 20.1. The number of carbonyl (C=O) groups is 1. The maximum Gasteiger partial charge on any atom is 0.307 e. The molecule has 1 aliphatic rings. The third kappa shape index (κ3) is 7.64. The average molecular weight is 446 g/mol. The van der Waals surface area contributed by atoms with E-state index in [-0.39, 0.29) is 18.3 Å². The predicted molar refractivity (Wildman–Crippen MR) is 123 cm³/mol. The molecule has 3 rings (SSSR count). The lowest BCUT2D eigenvalue weighted by atomic mass is 9.84. The molecule has 32 heavy (non-hydrogen) atoms. The van der Waals surface area contributed by atoms with Crippen molar-refractivity contribution >= 4 is 11.8 Å². The van der Waals surface area contributed by atoms with Gasteiger partial charge >= 0.3 is 5.97 Å². The van der Waals surface area contributed by atoms with Gasteiger partial charge in [-0.2, -0.15) is 10.1 Å². The minimum absolute atomic E-state index is 0.115. The van der Waals surface area contributed by atoms with Crippen molar-refractivity contribution in [3.63, 3.8) is 0 Å². The van der Waals surface area contributed by atoms with E-state index in [2.05, 4.69) is 20.6 Å². The summed E-state index contributed by atoms with van der Waals surface area (Å²) in [6, 6.07) is 1.92. The van der Waals surface area contributed by atoms with Crippen LogP contribution in [0.25, 0.3) is 0 Å². The van der Waals surface area contributed by atoms with E-state index in [4.69, 9.17) is 9.26 Å². The van der Waals surface area contributed by atoms with Crippen LogP contribution in [0.15, 0.2) is 16.8 Å². The number of hydrogen-bond donors (Lipinski definition) is 1. The Kier molecular flexibility index (Phi) is 8.70. The van der Waals surface area contributed by atoms with Crippen molar-refractivity contribution in [2.24, 2.45) is 5.92 Å². The first kappa shape index (κ1) is 24.3. The molecule has 2 aromatic rings. The van der Waals surface area contributed by atoms with Crippen LogP contribution in [0.3, 0.4) is 0 Å². The quantitative estimate of drug-likeness (QED) is 0.459. The zero-order chi connectivity index (χ0) is 23.0. The van der Waals surface area contributed by atoms with Gasteiger partial charge in [0.2, 0.25) is 5.89 Å². The number of esters is 1. The van der Waals surface area contributed by atoms with E-state index < -0.39 is 5.60 Å². The highest BCUT2D eigenvalue weighted by Crippen LogP contribution is 2.31. The number of hydrogen-bond acceptors (Lipinski definition) is 7. The summed E-state index contributed by atoms with van der Waals surface area (Å²) in [7, 11) is 0. The molecule has 0 unspecified atom stereocenters. The Hall–Kier alpha value is -2.38. The van der Waals surface area contributed by atoms with E-state index in [1.54, 1.807) is 6.20 Å². The number of nitrogens with zero attached hydrogens (tertiary/aromatic N) is 4. The molecule has 1 fully saturated rings. The molecule has 1 saturated carbocycles. The van der Waals surface area contributed by atoms with Crippen LogP contribution in [0.4, 0.5) is 5.82 Å². The molecule has 178 valence electrons. The van der Waals surface area contributed by atoms with Gasteiger partial charge < -0.3 is 14.6 Å². The summed E-state index contributed by atoms with van der Waals surface area (Å²) >= 11 is 0. The van der Waals surface area contributed by atoms with Crippen LogP contribution in [0.1, 0.15) is 103 Å². The van der Waals surface area contributed by atoms with Crippen LogP contribution in [0, 0.1) is 5.92 Å². The highest BCUT2D eigenvalue weighted by molar-refractivity contribution is 5.70. The maximum atomic E-state index is 12.5. The normalized spacial score (nSPS) is 16.1. The Bertz CT molecular complexity index is 833. The number of aromatic nitrogens is 4. The molecule has 0 aromatic carbocycles. The second-order valence-corrected chi connectivity index (χ2v) is 9.86. The Morgan fingerprint density at radius 2 is 2.09 bits per heavy atom. The largest absolute Gasteiger partial charge is 0.460 e. The molecule has 0 spiro atoms. The van der Waals surface area contributed by atoms with Gasteiger partial charge in [-0.15, -0.1) is 0 Å². The molecule has 0 aliphatic heterocycles. The van der Waals surface area contributed by atoms with Crippen LogP contribution < -0.4 is 5.32 Å². The topological polar surface area (TPSA) is 95.1 Å². The van der Waals surface area contributed by atoms with Crippen LogP contribution in [0.5, 0.6) is 0 Å². The number of rotatable bonds is 11. The van der Waals surface area contributed by atoms with E-state index in [0.29, 0.717) is 18.3 Å². The first-order chi connectivity index (χ1) is 15.3. The van der Waals surface area contributed by atoms with Crippen molar-refractivity contribution in [3.05, 3.63) is 24.0 Å². The van der Waals surface area contributed by atoms with Crippen LogP contribution in [0.2, 0.25) is 0 Å². The number of nitrogens with one attached hydrogen (secondary N) is 1. The number of ether oxygens (including phenoxy) is 1.